The first-order valence-corrected chi connectivity index (χ1v) is 13.6. The monoisotopic (exact) mass is 538 g/mol. The summed E-state index contributed by atoms with van der Waals surface area (Å²) in [5, 5.41) is 3.51. The van der Waals surface area contributed by atoms with Crippen molar-refractivity contribution in [3.63, 3.8) is 0 Å². The molecular formula is C27H34ClF3N4S. The lowest BCUT2D eigenvalue weighted by Gasteiger charge is -2.57. The molecule has 0 aromatic heterocycles. The van der Waals surface area contributed by atoms with Crippen molar-refractivity contribution in [2.75, 3.05) is 49.5 Å². The van der Waals surface area contributed by atoms with Crippen molar-refractivity contribution in [3.05, 3.63) is 47.0 Å². The Bertz CT molecular complexity index is 1100. The predicted octanol–water partition coefficient (Wildman–Crippen LogP) is 6.01. The Labute approximate surface area is 221 Å². The summed E-state index contributed by atoms with van der Waals surface area (Å²) in [4.78, 5) is 6.57. The third-order valence-electron chi connectivity index (χ3n) is 8.40. The van der Waals surface area contributed by atoms with Crippen LogP contribution < -0.4 is 16.0 Å². The molecule has 196 valence electrons. The summed E-state index contributed by atoms with van der Waals surface area (Å²) in [6, 6.07) is 9.41. The van der Waals surface area contributed by atoms with E-state index in [1.54, 1.807) is 0 Å². The second-order valence-electron chi connectivity index (χ2n) is 10.8. The molecule has 3 N–H and O–H groups in total. The Morgan fingerprint density at radius 3 is 2.44 bits per heavy atom. The van der Waals surface area contributed by atoms with Crippen molar-refractivity contribution >= 4 is 35.5 Å². The van der Waals surface area contributed by atoms with E-state index < -0.39 is 11.7 Å². The van der Waals surface area contributed by atoms with E-state index in [2.05, 4.69) is 33.3 Å². The fourth-order valence-electron chi connectivity index (χ4n) is 6.14. The second kappa shape index (κ2) is 9.93. The smallest absolute Gasteiger partial charge is 0.382 e. The normalized spacial score (nSPS) is 21.2. The van der Waals surface area contributed by atoms with Gasteiger partial charge in [-0.05, 0) is 61.1 Å². The number of alkyl halides is 3. The number of halogens is 4. The van der Waals surface area contributed by atoms with Gasteiger partial charge in [0.1, 0.15) is 0 Å². The van der Waals surface area contributed by atoms with Gasteiger partial charge in [-0.25, -0.2) is 0 Å². The molecule has 9 heteroatoms. The number of fused-ring (bicyclic) bond motifs is 2. The number of rotatable bonds is 5. The van der Waals surface area contributed by atoms with Crippen molar-refractivity contribution < 1.29 is 13.2 Å². The highest BCUT2D eigenvalue weighted by Crippen LogP contribution is 2.51. The van der Waals surface area contributed by atoms with Gasteiger partial charge in [-0.1, -0.05) is 24.2 Å². The van der Waals surface area contributed by atoms with Crippen molar-refractivity contribution in [3.8, 4) is 0 Å². The molecule has 3 fully saturated rings. The number of benzene rings is 2. The lowest BCUT2D eigenvalue weighted by molar-refractivity contribution is -0.137. The Balaban J connectivity index is 0.00000267. The number of nitrogens with one attached hydrogen (secondary N) is 1. The van der Waals surface area contributed by atoms with Gasteiger partial charge in [0.05, 0.1) is 5.56 Å². The summed E-state index contributed by atoms with van der Waals surface area (Å²) in [6.45, 7) is 5.59. The van der Waals surface area contributed by atoms with Gasteiger partial charge in [-0.3, -0.25) is 0 Å². The molecule has 4 nitrogen and oxygen atoms in total. The van der Waals surface area contributed by atoms with Crippen LogP contribution in [0, 0.1) is 5.41 Å². The molecule has 0 atom stereocenters. The SMILES string of the molecule is Cl.NCCN1CCC(Nc2cc(C(F)(F)F)cc3c2Cc2ccc(N4CC5(CCC5)C4)cc2S3)CC1. The van der Waals surface area contributed by atoms with Crippen molar-refractivity contribution in [1.82, 2.24) is 4.90 Å². The first-order valence-electron chi connectivity index (χ1n) is 12.8. The maximum absolute atomic E-state index is 13.8. The molecular weight excluding hydrogens is 505 g/mol. The van der Waals surface area contributed by atoms with Crippen molar-refractivity contribution in [1.29, 1.82) is 0 Å². The summed E-state index contributed by atoms with van der Waals surface area (Å²) in [5.74, 6) is 0. The Kier molecular flexibility index (Phi) is 7.18. The lowest BCUT2D eigenvalue weighted by atomic mass is 9.63. The zero-order chi connectivity index (χ0) is 24.2. The van der Waals surface area contributed by atoms with E-state index in [1.165, 1.54) is 54.4 Å². The van der Waals surface area contributed by atoms with Crippen LogP contribution in [0.25, 0.3) is 0 Å². The van der Waals surface area contributed by atoms with E-state index in [9.17, 15) is 13.2 Å². The van der Waals surface area contributed by atoms with Crippen LogP contribution in [-0.2, 0) is 12.6 Å². The number of nitrogens with zero attached hydrogens (tertiary/aromatic N) is 2. The zero-order valence-electron chi connectivity index (χ0n) is 20.4. The molecule has 0 radical (unpaired) electrons. The van der Waals surface area contributed by atoms with Gasteiger partial charge in [0, 0.05) is 78.3 Å². The minimum atomic E-state index is -4.37. The number of likely N-dealkylation sites (tertiary alicyclic amines) is 1. The highest BCUT2D eigenvalue weighted by atomic mass is 35.5. The van der Waals surface area contributed by atoms with E-state index in [0.717, 1.165) is 60.9 Å². The van der Waals surface area contributed by atoms with Crippen molar-refractivity contribution in [2.45, 2.75) is 60.5 Å². The largest absolute Gasteiger partial charge is 0.416 e. The van der Waals surface area contributed by atoms with Gasteiger partial charge < -0.3 is 20.9 Å². The van der Waals surface area contributed by atoms with Gasteiger partial charge in [0.2, 0.25) is 0 Å². The van der Waals surface area contributed by atoms with Gasteiger partial charge in [0.15, 0.2) is 0 Å². The molecule has 1 saturated carbocycles. The molecule has 0 unspecified atom stereocenters. The van der Waals surface area contributed by atoms with Gasteiger partial charge in [0.25, 0.3) is 0 Å². The summed E-state index contributed by atoms with van der Waals surface area (Å²) in [7, 11) is 0. The van der Waals surface area contributed by atoms with E-state index in [-0.39, 0.29) is 18.4 Å². The highest BCUT2D eigenvalue weighted by Gasteiger charge is 2.47. The molecule has 1 aliphatic carbocycles. The Morgan fingerprint density at radius 1 is 1.06 bits per heavy atom. The minimum Gasteiger partial charge on any atom is -0.382 e. The average Bonchev–Trinajstić information content (AvgIpc) is 2.77. The maximum atomic E-state index is 13.8. The molecule has 2 saturated heterocycles. The van der Waals surface area contributed by atoms with Crippen LogP contribution in [-0.4, -0.2) is 50.2 Å². The molecule has 3 heterocycles. The molecule has 4 aliphatic rings. The molecule has 6 rings (SSSR count). The van der Waals surface area contributed by atoms with Crippen LogP contribution in [0.4, 0.5) is 24.5 Å². The van der Waals surface area contributed by atoms with E-state index >= 15 is 0 Å². The molecule has 3 aliphatic heterocycles. The Morgan fingerprint density at radius 2 is 1.81 bits per heavy atom. The third kappa shape index (κ3) is 4.94. The number of anilines is 2. The number of hydrogen-bond donors (Lipinski definition) is 2. The lowest BCUT2D eigenvalue weighted by Crippen LogP contribution is -2.59. The fourth-order valence-corrected chi connectivity index (χ4v) is 7.32. The second-order valence-corrected chi connectivity index (χ2v) is 11.9. The van der Waals surface area contributed by atoms with Crippen LogP contribution in [0.15, 0.2) is 40.1 Å². The molecule has 0 amide bonds. The predicted molar refractivity (Wildman–Crippen MR) is 143 cm³/mol. The minimum absolute atomic E-state index is 0. The van der Waals surface area contributed by atoms with E-state index in [4.69, 9.17) is 5.73 Å². The van der Waals surface area contributed by atoms with Gasteiger partial charge >= 0.3 is 6.18 Å². The fraction of sp³-hybridized carbons (Fsp3) is 0.556. The molecule has 36 heavy (non-hydrogen) atoms. The standard InChI is InChI=1S/C27H33F3N4S.ClH/c28-27(29,30)19-13-23(32-20-4-9-33(10-5-20)11-8-31)22-12-18-2-3-21(15-24(18)35-25(22)14-19)34-16-26(17-34)6-1-7-26;/h2-3,13-15,20,32H,1,4-12,16-17,31H2;1H. The highest BCUT2D eigenvalue weighted by molar-refractivity contribution is 7.99. The van der Waals surface area contributed by atoms with Crippen LogP contribution in [0.2, 0.25) is 0 Å². The van der Waals surface area contributed by atoms with Crippen molar-refractivity contribution in [2.24, 2.45) is 11.1 Å². The summed E-state index contributed by atoms with van der Waals surface area (Å²) in [6.07, 6.45) is 2.12. The van der Waals surface area contributed by atoms with E-state index in [1.807, 2.05) is 0 Å². The first-order chi connectivity index (χ1) is 16.8. The number of nitrogens with two attached hydrogens (primary N) is 1. The first kappa shape index (κ1) is 26.0. The maximum Gasteiger partial charge on any atom is 0.416 e. The molecule has 1 spiro atoms. The molecule has 0 bridgehead atoms. The van der Waals surface area contributed by atoms with Crippen LogP contribution in [0.1, 0.15) is 48.8 Å². The summed E-state index contributed by atoms with van der Waals surface area (Å²) < 4.78 is 41.5. The molecule has 2 aromatic rings. The topological polar surface area (TPSA) is 44.5 Å². The molecule has 2 aromatic carbocycles. The van der Waals surface area contributed by atoms with Gasteiger partial charge in [-0.2, -0.15) is 13.2 Å². The summed E-state index contributed by atoms with van der Waals surface area (Å²) in [5.41, 5.74) is 9.68. The average molecular weight is 539 g/mol. The van der Waals surface area contributed by atoms with Gasteiger partial charge in [-0.15, -0.1) is 12.4 Å². The van der Waals surface area contributed by atoms with Crippen LogP contribution in [0.5, 0.6) is 0 Å². The Hall–Kier alpha value is -1.61. The van der Waals surface area contributed by atoms with E-state index in [0.29, 0.717) is 24.1 Å². The van der Waals surface area contributed by atoms with Crippen LogP contribution in [0.3, 0.4) is 0 Å². The quantitative estimate of drug-likeness (QED) is 0.416. The number of piperidine rings is 1. The third-order valence-corrected chi connectivity index (χ3v) is 9.58. The van der Waals surface area contributed by atoms with Crippen LogP contribution >= 0.6 is 24.2 Å². The zero-order valence-corrected chi connectivity index (χ0v) is 22.0. The summed E-state index contributed by atoms with van der Waals surface area (Å²) >= 11 is 1.49. The number of hydrogen-bond acceptors (Lipinski definition) is 5.